The molecule has 0 spiro atoms. The molecule has 3 aromatic rings. The van der Waals surface area contributed by atoms with E-state index in [0.29, 0.717) is 19.0 Å². The van der Waals surface area contributed by atoms with Gasteiger partial charge >= 0.3 is 0 Å². The maximum Gasteiger partial charge on any atom is 0.215 e. The summed E-state index contributed by atoms with van der Waals surface area (Å²) in [6, 6.07) is 12.1. The molecule has 152 valence electrons. The summed E-state index contributed by atoms with van der Waals surface area (Å²) in [6.07, 6.45) is 1.87. The summed E-state index contributed by atoms with van der Waals surface area (Å²) in [7, 11) is 1.90. The molecule has 1 saturated heterocycles. The van der Waals surface area contributed by atoms with Crippen LogP contribution in [0.2, 0.25) is 0 Å². The van der Waals surface area contributed by atoms with E-state index >= 15 is 0 Å². The summed E-state index contributed by atoms with van der Waals surface area (Å²) in [6.45, 7) is 4.89. The van der Waals surface area contributed by atoms with E-state index in [1.165, 1.54) is 0 Å². The van der Waals surface area contributed by atoms with E-state index in [4.69, 9.17) is 9.47 Å². The van der Waals surface area contributed by atoms with Crippen molar-refractivity contribution in [2.24, 2.45) is 10.2 Å². The predicted molar refractivity (Wildman–Crippen MR) is 113 cm³/mol. The highest BCUT2D eigenvalue weighted by atomic mass is 16.5. The third-order valence-corrected chi connectivity index (χ3v) is 4.80. The summed E-state index contributed by atoms with van der Waals surface area (Å²) >= 11 is 0. The number of hydrogen-bond donors (Lipinski definition) is 2. The first kappa shape index (κ1) is 19.4. The highest BCUT2D eigenvalue weighted by molar-refractivity contribution is 5.90. The zero-order valence-electron chi connectivity index (χ0n) is 16.6. The van der Waals surface area contributed by atoms with Crippen LogP contribution in [0.25, 0.3) is 10.9 Å². The number of hydrogen-bond acceptors (Lipinski definition) is 7. The second-order valence-corrected chi connectivity index (χ2v) is 6.83. The highest BCUT2D eigenvalue weighted by Crippen LogP contribution is 2.26. The van der Waals surface area contributed by atoms with Gasteiger partial charge in [-0.25, -0.2) is 4.98 Å². The quantitative estimate of drug-likeness (QED) is 0.452. The first-order valence-corrected chi connectivity index (χ1v) is 9.88. The molecule has 0 bridgehead atoms. The standard InChI is InChI=1S/C21H26N6O2/c1-22-6-9-29-21-13-17(27-7-10-28-11-8-27)12-16(25-21)14-24-26-20-15-23-19-5-3-2-4-18(19)20/h2-5,12-13,15,22-23H,6-11,14H2,1H3. The molecule has 2 aromatic heterocycles. The molecule has 0 amide bonds. The van der Waals surface area contributed by atoms with E-state index in [1.54, 1.807) is 0 Å². The topological polar surface area (TPSA) is 87.1 Å². The molecule has 1 aliphatic rings. The number of nitrogens with one attached hydrogen (secondary N) is 2. The molecule has 2 N–H and O–H groups in total. The molecule has 0 unspecified atom stereocenters. The number of fused-ring (bicyclic) bond motifs is 1. The molecule has 4 rings (SSSR count). The van der Waals surface area contributed by atoms with Crippen LogP contribution in [0.5, 0.6) is 5.88 Å². The Hall–Kier alpha value is -2.97. The number of morpholine rings is 1. The van der Waals surface area contributed by atoms with Gasteiger partial charge in [0.15, 0.2) is 0 Å². The van der Waals surface area contributed by atoms with E-state index in [0.717, 1.165) is 60.8 Å². The first-order valence-electron chi connectivity index (χ1n) is 9.88. The van der Waals surface area contributed by atoms with Crippen LogP contribution in [0.1, 0.15) is 5.69 Å². The van der Waals surface area contributed by atoms with Gasteiger partial charge in [0.05, 0.1) is 18.9 Å². The third-order valence-electron chi connectivity index (χ3n) is 4.80. The van der Waals surface area contributed by atoms with Gasteiger partial charge < -0.3 is 24.7 Å². The molecule has 0 radical (unpaired) electrons. The van der Waals surface area contributed by atoms with Crippen LogP contribution in [0, 0.1) is 0 Å². The molecule has 3 heterocycles. The summed E-state index contributed by atoms with van der Waals surface area (Å²) in [4.78, 5) is 10.1. The molecule has 1 aliphatic heterocycles. The minimum Gasteiger partial charge on any atom is -0.476 e. The normalized spacial score (nSPS) is 14.7. The van der Waals surface area contributed by atoms with E-state index in [9.17, 15) is 0 Å². The lowest BCUT2D eigenvalue weighted by molar-refractivity contribution is 0.122. The number of ether oxygens (including phenoxy) is 2. The molecule has 0 aliphatic carbocycles. The Labute approximate surface area is 169 Å². The highest BCUT2D eigenvalue weighted by Gasteiger charge is 2.14. The van der Waals surface area contributed by atoms with E-state index in [-0.39, 0.29) is 0 Å². The van der Waals surface area contributed by atoms with E-state index in [1.807, 2.05) is 43.6 Å². The van der Waals surface area contributed by atoms with Crippen molar-refractivity contribution in [3.8, 4) is 5.88 Å². The summed E-state index contributed by atoms with van der Waals surface area (Å²) < 4.78 is 11.3. The third kappa shape index (κ3) is 4.90. The fraction of sp³-hybridized carbons (Fsp3) is 0.381. The smallest absolute Gasteiger partial charge is 0.215 e. The lowest BCUT2D eigenvalue weighted by Crippen LogP contribution is -2.36. The van der Waals surface area contributed by atoms with Crippen molar-refractivity contribution in [3.05, 3.63) is 48.3 Å². The molecular formula is C21H26N6O2. The average molecular weight is 394 g/mol. The molecule has 0 atom stereocenters. The fourth-order valence-electron chi connectivity index (χ4n) is 3.28. The Morgan fingerprint density at radius 2 is 2.10 bits per heavy atom. The molecular weight excluding hydrogens is 368 g/mol. The lowest BCUT2D eigenvalue weighted by Gasteiger charge is -2.29. The van der Waals surface area contributed by atoms with E-state index < -0.39 is 0 Å². The summed E-state index contributed by atoms with van der Waals surface area (Å²) in [5, 5.41) is 12.9. The number of aromatic amines is 1. The van der Waals surface area contributed by atoms with Gasteiger partial charge in [0.2, 0.25) is 5.88 Å². The van der Waals surface area contributed by atoms with Crippen LogP contribution in [0.15, 0.2) is 52.8 Å². The van der Waals surface area contributed by atoms with E-state index in [2.05, 4.69) is 36.5 Å². The molecule has 1 aromatic carbocycles. The van der Waals surface area contributed by atoms with Gasteiger partial charge in [-0.15, -0.1) is 0 Å². The molecule has 8 heteroatoms. The number of anilines is 1. The number of pyridine rings is 1. The van der Waals surface area contributed by atoms with Gasteiger partial charge in [-0.05, 0) is 19.2 Å². The first-order chi connectivity index (χ1) is 14.3. The van der Waals surface area contributed by atoms with Gasteiger partial charge in [0.25, 0.3) is 0 Å². The number of para-hydroxylation sites is 1. The summed E-state index contributed by atoms with van der Waals surface area (Å²) in [5.74, 6) is 0.613. The number of rotatable bonds is 8. The number of likely N-dealkylation sites (N-methyl/N-ethyl adjacent to an activating group) is 1. The van der Waals surface area contributed by atoms with Crippen LogP contribution in [0.4, 0.5) is 11.4 Å². The molecule has 29 heavy (non-hydrogen) atoms. The Morgan fingerprint density at radius 1 is 1.24 bits per heavy atom. The van der Waals surface area contributed by atoms with Crippen molar-refractivity contribution < 1.29 is 9.47 Å². The van der Waals surface area contributed by atoms with Crippen molar-refractivity contribution in [2.75, 3.05) is 51.4 Å². The SMILES string of the molecule is CNCCOc1cc(N2CCOCC2)cc(CN=Nc2c[nH]c3ccccc23)n1. The van der Waals surface area contributed by atoms with Crippen molar-refractivity contribution in [1.82, 2.24) is 15.3 Å². The number of H-pyrrole nitrogens is 1. The number of benzene rings is 1. The zero-order valence-corrected chi connectivity index (χ0v) is 16.6. The van der Waals surface area contributed by atoms with Gasteiger partial charge in [-0.1, -0.05) is 18.2 Å². The van der Waals surface area contributed by atoms with Gasteiger partial charge in [0, 0.05) is 48.5 Å². The van der Waals surface area contributed by atoms with Gasteiger partial charge in [0.1, 0.15) is 18.8 Å². The average Bonchev–Trinajstić information content (AvgIpc) is 3.18. The van der Waals surface area contributed by atoms with Crippen molar-refractivity contribution in [1.29, 1.82) is 0 Å². The Balaban J connectivity index is 1.52. The second-order valence-electron chi connectivity index (χ2n) is 6.83. The Kier molecular flexibility index (Phi) is 6.33. The van der Waals surface area contributed by atoms with Gasteiger partial charge in [-0.3, -0.25) is 0 Å². The minimum atomic E-state index is 0.389. The Bertz CT molecular complexity index is 965. The number of azo groups is 1. The molecule has 8 nitrogen and oxygen atoms in total. The molecule has 0 saturated carbocycles. The van der Waals surface area contributed by atoms with Crippen LogP contribution < -0.4 is 15.0 Å². The second kappa shape index (κ2) is 9.49. The lowest BCUT2D eigenvalue weighted by atomic mass is 10.2. The van der Waals surface area contributed by atoms with Crippen LogP contribution in [0.3, 0.4) is 0 Å². The van der Waals surface area contributed by atoms with Crippen molar-refractivity contribution in [3.63, 3.8) is 0 Å². The summed E-state index contributed by atoms with van der Waals surface area (Å²) in [5.41, 5.74) is 3.79. The molecule has 1 fully saturated rings. The number of aromatic nitrogens is 2. The van der Waals surface area contributed by atoms with Crippen LogP contribution in [-0.2, 0) is 11.3 Å². The maximum absolute atomic E-state index is 5.82. The van der Waals surface area contributed by atoms with Crippen LogP contribution in [-0.4, -0.2) is 56.5 Å². The number of nitrogens with zero attached hydrogens (tertiary/aromatic N) is 4. The maximum atomic E-state index is 5.82. The van der Waals surface area contributed by atoms with Crippen LogP contribution >= 0.6 is 0 Å². The monoisotopic (exact) mass is 394 g/mol. The van der Waals surface area contributed by atoms with Gasteiger partial charge in [-0.2, -0.15) is 10.2 Å². The minimum absolute atomic E-state index is 0.389. The van der Waals surface area contributed by atoms with Crippen molar-refractivity contribution >= 4 is 22.3 Å². The fourth-order valence-corrected chi connectivity index (χ4v) is 3.28. The van der Waals surface area contributed by atoms with Crippen molar-refractivity contribution in [2.45, 2.75) is 6.54 Å². The Morgan fingerprint density at radius 3 is 2.97 bits per heavy atom. The zero-order chi connectivity index (χ0) is 19.9. The largest absolute Gasteiger partial charge is 0.476 e. The predicted octanol–water partition coefficient (Wildman–Crippen LogP) is 3.28.